The van der Waals surface area contributed by atoms with Gasteiger partial charge in [-0.1, -0.05) is 71.7 Å². The number of hydrogen-bond acceptors (Lipinski definition) is 11. The van der Waals surface area contributed by atoms with E-state index in [9.17, 15) is 46.0 Å². The van der Waals surface area contributed by atoms with Crippen LogP contribution in [0.4, 0.5) is 8.78 Å². The average Bonchev–Trinajstić information content (AvgIpc) is 3.21. The van der Waals surface area contributed by atoms with E-state index in [2.05, 4.69) is 0 Å². The first kappa shape index (κ1) is 46.6. The van der Waals surface area contributed by atoms with Crippen LogP contribution in [0, 0.1) is 11.8 Å². The predicted octanol–water partition coefficient (Wildman–Crippen LogP) is 4.23. The van der Waals surface area contributed by atoms with Crippen LogP contribution in [0.3, 0.4) is 0 Å². The third-order valence-electron chi connectivity index (χ3n) is 11.2. The van der Waals surface area contributed by atoms with Crippen LogP contribution in [0.2, 0.25) is 10.0 Å². The van der Waals surface area contributed by atoms with Crippen LogP contribution in [-0.4, -0.2) is 121 Å². The van der Waals surface area contributed by atoms with E-state index in [0.29, 0.717) is 53.0 Å². The van der Waals surface area contributed by atoms with Gasteiger partial charge < -0.3 is 55.4 Å². The van der Waals surface area contributed by atoms with Crippen molar-refractivity contribution in [2.75, 3.05) is 26.4 Å². The number of alkyl halides is 2. The lowest BCUT2D eigenvalue weighted by molar-refractivity contribution is -0.232. The fraction of sp³-hybridized carbons (Fsp3) is 0.455. The lowest BCUT2D eigenvalue weighted by Crippen LogP contribution is -2.61. The maximum absolute atomic E-state index is 15.0. The van der Waals surface area contributed by atoms with Crippen molar-refractivity contribution in [3.05, 3.63) is 128 Å². The van der Waals surface area contributed by atoms with Crippen molar-refractivity contribution >= 4 is 23.2 Å². The Morgan fingerprint density at radius 3 is 1.46 bits per heavy atom. The molecule has 2 fully saturated rings. The molecule has 0 aliphatic heterocycles. The summed E-state index contributed by atoms with van der Waals surface area (Å²) in [7, 11) is 0. The Bertz CT molecular complexity index is 1950. The molecule has 4 aromatic rings. The quantitative estimate of drug-likeness (QED) is 0.0988. The topological polar surface area (TPSA) is 201 Å². The molecule has 6 rings (SSSR count). The standard InChI is InChI=1S/C22H25ClF2O5.C22H27ClO6/c1-2-30-15-6-3-12(4-7-15)9-14-10-13(5-8-17(14)23)18-20(28)21(29)19(27)16(11-26)22(18,24)25;1-2-29-15-6-3-12(4-7-15)9-14-10-13(5-8-17(14)23)18-19(25)16(11-24)20(26)22(28)21(18)27/h3-8,10,16,18-21,26-29H,2,9,11H2,1H3;3-8,10,16,18-22,24-28H,2,9,11H2,1H3/t16-,18+,19-,20+,21+;16-,18+,19-,20+,21-,22-/m10/s1. The molecule has 0 spiro atoms. The fourth-order valence-corrected chi connectivity index (χ4v) is 8.33. The summed E-state index contributed by atoms with van der Waals surface area (Å²) in [5.74, 6) is -7.65. The van der Waals surface area contributed by atoms with Gasteiger partial charge in [0.1, 0.15) is 23.7 Å². The lowest BCUT2D eigenvalue weighted by atomic mass is 9.70. The van der Waals surface area contributed by atoms with Crippen LogP contribution in [0.25, 0.3) is 0 Å². The molecule has 0 saturated heterocycles. The minimum absolute atomic E-state index is 0.0715. The molecule has 0 unspecified atom stereocenters. The van der Waals surface area contributed by atoms with Crippen LogP contribution in [-0.2, 0) is 12.8 Å². The fourth-order valence-electron chi connectivity index (χ4n) is 7.96. The molecule has 2 aliphatic carbocycles. The van der Waals surface area contributed by atoms with Gasteiger partial charge in [-0.3, -0.25) is 0 Å². The van der Waals surface area contributed by atoms with E-state index in [1.54, 1.807) is 30.3 Å². The van der Waals surface area contributed by atoms with Crippen molar-refractivity contribution in [1.29, 1.82) is 0 Å². The Kier molecular flexibility index (Phi) is 16.1. The second-order valence-electron chi connectivity index (χ2n) is 15.0. The molecule has 2 aliphatic rings. The van der Waals surface area contributed by atoms with Gasteiger partial charge in [-0.15, -0.1) is 0 Å². The Morgan fingerprint density at radius 2 is 1.00 bits per heavy atom. The highest BCUT2D eigenvalue weighted by molar-refractivity contribution is 6.31. The smallest absolute Gasteiger partial charge is 0.264 e. The maximum atomic E-state index is 15.0. The third kappa shape index (κ3) is 10.4. The average molecular weight is 866 g/mol. The summed E-state index contributed by atoms with van der Waals surface area (Å²) in [5.41, 5.74) is 3.93. The number of benzene rings is 4. The Hall–Kier alpha value is -3.44. The molecule has 0 bridgehead atoms. The van der Waals surface area contributed by atoms with Gasteiger partial charge in [-0.2, -0.15) is 0 Å². The summed E-state index contributed by atoms with van der Waals surface area (Å²) >= 11 is 12.6. The highest BCUT2D eigenvalue weighted by Gasteiger charge is 2.61. The second kappa shape index (κ2) is 20.4. The van der Waals surface area contributed by atoms with Gasteiger partial charge >= 0.3 is 0 Å². The molecular weight excluding hydrogens is 813 g/mol. The minimum Gasteiger partial charge on any atom is -0.494 e. The first-order chi connectivity index (χ1) is 28.1. The van der Waals surface area contributed by atoms with E-state index < -0.39 is 85.5 Å². The van der Waals surface area contributed by atoms with Gasteiger partial charge in [0.2, 0.25) is 0 Å². The van der Waals surface area contributed by atoms with Crippen molar-refractivity contribution in [2.24, 2.45) is 11.8 Å². The largest absolute Gasteiger partial charge is 0.494 e. The number of aliphatic hydroxyl groups is 9. The van der Waals surface area contributed by atoms with Gasteiger partial charge in [0.05, 0.1) is 68.8 Å². The number of aliphatic hydroxyl groups excluding tert-OH is 9. The van der Waals surface area contributed by atoms with E-state index in [0.717, 1.165) is 22.4 Å². The van der Waals surface area contributed by atoms with Crippen molar-refractivity contribution < 1.29 is 64.2 Å². The number of hydrogen-bond donors (Lipinski definition) is 9. The molecule has 322 valence electrons. The first-order valence-electron chi connectivity index (χ1n) is 19.4. The molecule has 0 aromatic heterocycles. The van der Waals surface area contributed by atoms with Crippen LogP contribution in [0.15, 0.2) is 84.9 Å². The normalized spacial score (nSPS) is 29.0. The van der Waals surface area contributed by atoms with Crippen molar-refractivity contribution in [1.82, 2.24) is 0 Å². The number of ether oxygens (including phenoxy) is 2. The molecule has 15 heteroatoms. The van der Waals surface area contributed by atoms with E-state index in [1.807, 2.05) is 50.2 Å². The maximum Gasteiger partial charge on any atom is 0.264 e. The van der Waals surface area contributed by atoms with Gasteiger partial charge in [0.15, 0.2) is 0 Å². The highest BCUT2D eigenvalue weighted by Crippen LogP contribution is 2.49. The van der Waals surface area contributed by atoms with Crippen LogP contribution in [0.1, 0.15) is 59.1 Å². The van der Waals surface area contributed by atoms with E-state index >= 15 is 8.78 Å². The SMILES string of the molecule is CCOc1ccc(Cc2cc([C@H]3[C@H](O)[C@@H](O)[C@H](O)[C@@H](CO)C3(F)F)ccc2Cl)cc1.CCOc1ccc(Cc2cc([C@H]3[C@H](O)[C@@H](O)[C@H](O)[C@@H](CO)[C@@H]3O)ccc2Cl)cc1. The molecule has 2 saturated carbocycles. The molecule has 59 heavy (non-hydrogen) atoms. The molecular formula is C44H52Cl2F2O11. The first-order valence-corrected chi connectivity index (χ1v) is 20.2. The minimum atomic E-state index is -3.64. The van der Waals surface area contributed by atoms with Crippen molar-refractivity contribution in [2.45, 2.75) is 87.2 Å². The number of halogens is 4. The molecule has 11 atom stereocenters. The van der Waals surface area contributed by atoms with E-state index in [4.69, 9.17) is 32.7 Å². The van der Waals surface area contributed by atoms with Gasteiger partial charge in [-0.25, -0.2) is 8.78 Å². The summed E-state index contributed by atoms with van der Waals surface area (Å²) in [5, 5.41) is 91.4. The summed E-state index contributed by atoms with van der Waals surface area (Å²) < 4.78 is 40.9. The summed E-state index contributed by atoms with van der Waals surface area (Å²) in [4.78, 5) is 0. The zero-order chi connectivity index (χ0) is 43.2. The zero-order valence-electron chi connectivity index (χ0n) is 32.5. The van der Waals surface area contributed by atoms with Gasteiger partial charge in [-0.05, 0) is 96.5 Å². The van der Waals surface area contributed by atoms with Crippen molar-refractivity contribution in [3.63, 3.8) is 0 Å². The van der Waals surface area contributed by atoms with Crippen molar-refractivity contribution in [3.8, 4) is 11.5 Å². The Labute approximate surface area is 351 Å². The van der Waals surface area contributed by atoms with Crippen LogP contribution < -0.4 is 9.47 Å². The summed E-state index contributed by atoms with van der Waals surface area (Å²) in [6, 6.07) is 24.4. The monoisotopic (exact) mass is 864 g/mol. The third-order valence-corrected chi connectivity index (χ3v) is 12.0. The zero-order valence-corrected chi connectivity index (χ0v) is 34.0. The Balaban J connectivity index is 0.000000224. The van der Waals surface area contributed by atoms with E-state index in [-0.39, 0.29) is 5.56 Å². The molecule has 0 amide bonds. The summed E-state index contributed by atoms with van der Waals surface area (Å²) in [6.07, 6.45) is -10.2. The molecule has 0 radical (unpaired) electrons. The van der Waals surface area contributed by atoms with E-state index in [1.165, 1.54) is 18.2 Å². The summed E-state index contributed by atoms with van der Waals surface area (Å²) in [6.45, 7) is 3.40. The highest BCUT2D eigenvalue weighted by atomic mass is 35.5. The molecule has 4 aromatic carbocycles. The molecule has 11 nitrogen and oxygen atoms in total. The van der Waals surface area contributed by atoms with Gasteiger partial charge in [0, 0.05) is 21.9 Å². The van der Waals surface area contributed by atoms with Crippen LogP contribution >= 0.6 is 23.2 Å². The van der Waals surface area contributed by atoms with Gasteiger partial charge in [0.25, 0.3) is 5.92 Å². The Morgan fingerprint density at radius 1 is 0.542 bits per heavy atom. The molecule has 0 heterocycles. The predicted molar refractivity (Wildman–Crippen MR) is 217 cm³/mol. The lowest BCUT2D eigenvalue weighted by Gasteiger charge is -2.45. The van der Waals surface area contributed by atoms with Crippen LogP contribution in [0.5, 0.6) is 11.5 Å². The molecule has 9 N–H and O–H groups in total. The second-order valence-corrected chi connectivity index (χ2v) is 15.8. The number of rotatable bonds is 12.